The van der Waals surface area contributed by atoms with Crippen LogP contribution >= 0.6 is 11.5 Å². The van der Waals surface area contributed by atoms with Crippen molar-refractivity contribution in [1.29, 1.82) is 0 Å². The Kier molecular flexibility index (Phi) is 3.49. The molecule has 1 aromatic heterocycles. The van der Waals surface area contributed by atoms with Crippen molar-refractivity contribution in [3.63, 3.8) is 0 Å². The summed E-state index contributed by atoms with van der Waals surface area (Å²) in [5, 5.41) is 4.01. The number of hydrogen-bond donors (Lipinski definition) is 0. The van der Waals surface area contributed by atoms with Gasteiger partial charge in [0.25, 0.3) is 0 Å². The molecular weight excluding hydrogens is 263 g/mol. The maximum absolute atomic E-state index is 13.8. The number of hydrogen-bond acceptors (Lipinski definition) is 4. The van der Waals surface area contributed by atoms with Crippen LogP contribution in [0.1, 0.15) is 47.3 Å². The minimum atomic E-state index is -0.510. The van der Waals surface area contributed by atoms with Gasteiger partial charge in [-0.15, -0.1) is 5.10 Å². The number of aromatic nitrogens is 2. The number of ketones is 1. The monoisotopic (exact) mass is 278 g/mol. The Morgan fingerprint density at radius 1 is 1.32 bits per heavy atom. The molecule has 0 aliphatic rings. The summed E-state index contributed by atoms with van der Waals surface area (Å²) < 4.78 is 17.6. The van der Waals surface area contributed by atoms with Crippen LogP contribution in [0, 0.1) is 12.7 Å². The van der Waals surface area contributed by atoms with Crippen molar-refractivity contribution in [3.8, 4) is 0 Å². The fraction of sp³-hybridized carbons (Fsp3) is 0.357. The van der Waals surface area contributed by atoms with Crippen LogP contribution in [-0.4, -0.2) is 15.4 Å². The van der Waals surface area contributed by atoms with Crippen LogP contribution in [0.4, 0.5) is 4.39 Å². The van der Waals surface area contributed by atoms with Crippen molar-refractivity contribution >= 4 is 17.3 Å². The zero-order chi connectivity index (χ0) is 14.2. The number of benzene rings is 1. The molecule has 0 saturated heterocycles. The third-order valence-electron chi connectivity index (χ3n) is 2.77. The van der Waals surface area contributed by atoms with Crippen molar-refractivity contribution in [2.45, 2.75) is 33.1 Å². The summed E-state index contributed by atoms with van der Waals surface area (Å²) in [5.41, 5.74) is 1.25. The van der Waals surface area contributed by atoms with Crippen molar-refractivity contribution in [3.05, 3.63) is 45.7 Å². The van der Waals surface area contributed by atoms with Crippen LogP contribution in [-0.2, 0) is 5.41 Å². The third kappa shape index (κ3) is 2.71. The Hall–Kier alpha value is -1.62. The van der Waals surface area contributed by atoms with E-state index in [9.17, 15) is 9.18 Å². The highest BCUT2D eigenvalue weighted by atomic mass is 32.1. The lowest BCUT2D eigenvalue weighted by Crippen LogP contribution is -2.17. The first kappa shape index (κ1) is 13.8. The molecule has 3 nitrogen and oxygen atoms in total. The molecule has 0 unspecified atom stereocenters. The molecule has 100 valence electrons. The highest BCUT2D eigenvalue weighted by Crippen LogP contribution is 2.28. The van der Waals surface area contributed by atoms with Gasteiger partial charge in [-0.2, -0.15) is 0 Å². The average Bonchev–Trinajstić information content (AvgIpc) is 2.80. The Morgan fingerprint density at radius 2 is 2.00 bits per heavy atom. The van der Waals surface area contributed by atoms with Gasteiger partial charge in [0.2, 0.25) is 5.78 Å². The Labute approximate surface area is 115 Å². The average molecular weight is 278 g/mol. The van der Waals surface area contributed by atoms with E-state index in [2.05, 4.69) is 9.59 Å². The zero-order valence-corrected chi connectivity index (χ0v) is 12.1. The van der Waals surface area contributed by atoms with Gasteiger partial charge in [0.05, 0.1) is 11.3 Å². The van der Waals surface area contributed by atoms with E-state index in [4.69, 9.17) is 0 Å². The van der Waals surface area contributed by atoms with E-state index in [1.807, 2.05) is 27.7 Å². The van der Waals surface area contributed by atoms with Crippen LogP contribution in [0.3, 0.4) is 0 Å². The molecule has 0 bridgehead atoms. The topological polar surface area (TPSA) is 42.9 Å². The minimum absolute atomic E-state index is 0.0801. The summed E-state index contributed by atoms with van der Waals surface area (Å²) >= 11 is 1.02. The smallest absolute Gasteiger partial charge is 0.209 e. The molecular formula is C14H15FN2OS. The van der Waals surface area contributed by atoms with Crippen LogP contribution in [0.15, 0.2) is 18.2 Å². The van der Waals surface area contributed by atoms with Gasteiger partial charge >= 0.3 is 0 Å². The summed E-state index contributed by atoms with van der Waals surface area (Å²) in [4.78, 5) is 12.9. The van der Waals surface area contributed by atoms with Gasteiger partial charge < -0.3 is 0 Å². The van der Waals surface area contributed by atoms with Crippen molar-refractivity contribution in [2.24, 2.45) is 0 Å². The SMILES string of the molecule is Cc1ccc(F)c(C(=O)c2snnc2C(C)(C)C)c1. The second-order valence-corrected chi connectivity index (χ2v) is 6.27. The van der Waals surface area contributed by atoms with E-state index in [-0.39, 0.29) is 16.8 Å². The highest BCUT2D eigenvalue weighted by Gasteiger charge is 2.28. The molecule has 0 fully saturated rings. The largest absolute Gasteiger partial charge is 0.287 e. The molecule has 19 heavy (non-hydrogen) atoms. The van der Waals surface area contributed by atoms with E-state index in [0.717, 1.165) is 17.1 Å². The Balaban J connectivity index is 2.51. The number of carbonyl (C=O) groups excluding carboxylic acids is 1. The van der Waals surface area contributed by atoms with Crippen LogP contribution in [0.2, 0.25) is 0 Å². The molecule has 0 saturated carbocycles. The maximum atomic E-state index is 13.8. The number of carbonyl (C=O) groups is 1. The van der Waals surface area contributed by atoms with Gasteiger partial charge in [0.1, 0.15) is 10.7 Å². The molecule has 0 N–H and O–H groups in total. The molecule has 0 aliphatic carbocycles. The lowest BCUT2D eigenvalue weighted by Gasteiger charge is -2.16. The molecule has 0 atom stereocenters. The lowest BCUT2D eigenvalue weighted by molar-refractivity contribution is 0.103. The number of halogens is 1. The van der Waals surface area contributed by atoms with E-state index >= 15 is 0 Å². The first-order chi connectivity index (χ1) is 8.80. The van der Waals surface area contributed by atoms with Crippen LogP contribution < -0.4 is 0 Å². The second kappa shape index (κ2) is 4.81. The van der Waals surface area contributed by atoms with E-state index in [1.54, 1.807) is 12.1 Å². The van der Waals surface area contributed by atoms with Crippen LogP contribution in [0.5, 0.6) is 0 Å². The van der Waals surface area contributed by atoms with Crippen LogP contribution in [0.25, 0.3) is 0 Å². The van der Waals surface area contributed by atoms with Gasteiger partial charge in [-0.25, -0.2) is 4.39 Å². The van der Waals surface area contributed by atoms with Gasteiger partial charge in [-0.1, -0.05) is 36.9 Å². The molecule has 0 aliphatic heterocycles. The molecule has 5 heteroatoms. The molecule has 2 aromatic rings. The van der Waals surface area contributed by atoms with E-state index in [1.165, 1.54) is 6.07 Å². The summed E-state index contributed by atoms with van der Waals surface area (Å²) in [6.07, 6.45) is 0. The lowest BCUT2D eigenvalue weighted by atomic mass is 9.89. The molecule has 0 radical (unpaired) electrons. The number of aryl methyl sites for hydroxylation is 1. The summed E-state index contributed by atoms with van der Waals surface area (Å²) in [6.45, 7) is 7.68. The maximum Gasteiger partial charge on any atom is 0.209 e. The molecule has 0 amide bonds. The molecule has 0 spiro atoms. The predicted octanol–water partition coefficient (Wildman–Crippen LogP) is 3.51. The summed E-state index contributed by atoms with van der Waals surface area (Å²) in [5.74, 6) is -0.856. The number of rotatable bonds is 2. The first-order valence-electron chi connectivity index (χ1n) is 5.94. The normalized spacial score (nSPS) is 11.6. The predicted molar refractivity (Wildman–Crippen MR) is 73.2 cm³/mol. The standard InChI is InChI=1S/C14H15FN2OS/c1-8-5-6-10(15)9(7-8)11(18)12-13(14(2,3)4)16-17-19-12/h5-7H,1-4H3. The number of nitrogens with zero attached hydrogens (tertiary/aromatic N) is 2. The van der Waals surface area contributed by atoms with Crippen molar-refractivity contribution in [2.75, 3.05) is 0 Å². The quantitative estimate of drug-likeness (QED) is 0.789. The van der Waals surface area contributed by atoms with Gasteiger partial charge in [-0.3, -0.25) is 4.79 Å². The Morgan fingerprint density at radius 3 is 2.63 bits per heavy atom. The summed E-state index contributed by atoms with van der Waals surface area (Å²) in [6, 6.07) is 4.51. The molecule has 1 heterocycles. The first-order valence-corrected chi connectivity index (χ1v) is 6.71. The van der Waals surface area contributed by atoms with Crippen molar-refractivity contribution < 1.29 is 9.18 Å². The van der Waals surface area contributed by atoms with Gasteiger partial charge in [0.15, 0.2) is 0 Å². The van der Waals surface area contributed by atoms with Crippen molar-refractivity contribution in [1.82, 2.24) is 9.59 Å². The van der Waals surface area contributed by atoms with E-state index < -0.39 is 5.82 Å². The second-order valence-electron chi connectivity index (χ2n) is 5.51. The van der Waals surface area contributed by atoms with Gasteiger partial charge in [-0.05, 0) is 30.6 Å². The minimum Gasteiger partial charge on any atom is -0.287 e. The fourth-order valence-corrected chi connectivity index (χ4v) is 2.60. The van der Waals surface area contributed by atoms with Gasteiger partial charge in [0, 0.05) is 5.41 Å². The highest BCUT2D eigenvalue weighted by molar-refractivity contribution is 7.08. The fourth-order valence-electron chi connectivity index (χ4n) is 1.77. The molecule has 2 rings (SSSR count). The Bertz CT molecular complexity index is 629. The third-order valence-corrected chi connectivity index (χ3v) is 3.50. The summed E-state index contributed by atoms with van der Waals surface area (Å²) in [7, 11) is 0. The van der Waals surface area contributed by atoms with E-state index in [0.29, 0.717) is 10.6 Å². The molecule has 1 aromatic carbocycles. The zero-order valence-electron chi connectivity index (χ0n) is 11.3.